The van der Waals surface area contributed by atoms with Crippen molar-refractivity contribution in [3.05, 3.63) is 28.2 Å². The van der Waals surface area contributed by atoms with Gasteiger partial charge in [-0.15, -0.1) is 0 Å². The van der Waals surface area contributed by atoms with E-state index in [1.807, 2.05) is 6.07 Å². The van der Waals surface area contributed by atoms with Gasteiger partial charge in [0.15, 0.2) is 0 Å². The van der Waals surface area contributed by atoms with E-state index in [1.54, 1.807) is 0 Å². The van der Waals surface area contributed by atoms with E-state index in [-0.39, 0.29) is 6.61 Å². The number of rotatable bonds is 2. The largest absolute Gasteiger partial charge is 0.392 e. The minimum atomic E-state index is 0.123. The molecule has 1 N–H and O–H groups in total. The van der Waals surface area contributed by atoms with Crippen LogP contribution in [0.3, 0.4) is 0 Å². The number of aliphatic hydroxyl groups excluding tert-OH is 1. The van der Waals surface area contributed by atoms with Crippen LogP contribution in [-0.2, 0) is 6.61 Å². The van der Waals surface area contributed by atoms with Crippen molar-refractivity contribution < 1.29 is 5.11 Å². The van der Waals surface area contributed by atoms with Crippen molar-refractivity contribution in [3.8, 4) is 0 Å². The summed E-state index contributed by atoms with van der Waals surface area (Å²) < 4.78 is 1.05. The summed E-state index contributed by atoms with van der Waals surface area (Å²) in [4.78, 5) is 2.48. The normalized spacial score (nSPS) is 22.0. The molecule has 2 fully saturated rings. The lowest BCUT2D eigenvalue weighted by molar-refractivity contribution is 0.282. The SMILES string of the molecule is OCc1cc(Br)ccc1N1CCC2(CCCC2)C1. The Kier molecular flexibility index (Phi) is 3.37. The Morgan fingerprint density at radius 3 is 2.72 bits per heavy atom. The predicted octanol–water partition coefficient (Wildman–Crippen LogP) is 3.71. The first-order valence-electron chi connectivity index (χ1n) is 6.87. The van der Waals surface area contributed by atoms with Gasteiger partial charge < -0.3 is 10.0 Å². The van der Waals surface area contributed by atoms with E-state index in [0.717, 1.165) is 16.6 Å². The molecule has 0 radical (unpaired) electrons. The van der Waals surface area contributed by atoms with Gasteiger partial charge in [-0.1, -0.05) is 28.8 Å². The van der Waals surface area contributed by atoms with E-state index in [2.05, 4.69) is 33.0 Å². The van der Waals surface area contributed by atoms with Crippen molar-refractivity contribution in [3.63, 3.8) is 0 Å². The highest BCUT2D eigenvalue weighted by atomic mass is 79.9. The maximum atomic E-state index is 9.51. The Bertz CT molecular complexity index is 440. The van der Waals surface area contributed by atoms with Gasteiger partial charge in [-0.3, -0.25) is 0 Å². The van der Waals surface area contributed by atoms with Gasteiger partial charge in [0.25, 0.3) is 0 Å². The van der Waals surface area contributed by atoms with Gasteiger partial charge in [-0.05, 0) is 42.9 Å². The summed E-state index contributed by atoms with van der Waals surface area (Å²) in [6.07, 6.45) is 6.93. The summed E-state index contributed by atoms with van der Waals surface area (Å²) in [7, 11) is 0. The Morgan fingerprint density at radius 1 is 1.22 bits per heavy atom. The molecule has 1 aromatic carbocycles. The fraction of sp³-hybridized carbons (Fsp3) is 0.600. The summed E-state index contributed by atoms with van der Waals surface area (Å²) in [5.41, 5.74) is 2.85. The van der Waals surface area contributed by atoms with Gasteiger partial charge in [0.1, 0.15) is 0 Å². The molecule has 0 amide bonds. The van der Waals surface area contributed by atoms with Gasteiger partial charge in [0.05, 0.1) is 6.61 Å². The first kappa shape index (κ1) is 12.5. The van der Waals surface area contributed by atoms with Gasteiger partial charge >= 0.3 is 0 Å². The molecule has 0 bridgehead atoms. The third kappa shape index (κ3) is 2.19. The molecule has 1 aliphatic carbocycles. The standard InChI is InChI=1S/C15H20BrNO/c16-13-3-4-14(12(9-13)10-18)17-8-7-15(11-17)5-1-2-6-15/h3-4,9,18H,1-2,5-8,10-11H2. The van der Waals surface area contributed by atoms with Gasteiger partial charge in [-0.2, -0.15) is 0 Å². The van der Waals surface area contributed by atoms with Crippen molar-refractivity contribution >= 4 is 21.6 Å². The van der Waals surface area contributed by atoms with Crippen molar-refractivity contribution in [2.45, 2.75) is 38.7 Å². The zero-order valence-electron chi connectivity index (χ0n) is 10.7. The summed E-state index contributed by atoms with van der Waals surface area (Å²) in [5, 5.41) is 9.51. The molecule has 3 rings (SSSR count). The molecule has 2 nitrogen and oxygen atoms in total. The van der Waals surface area contributed by atoms with Crippen LogP contribution < -0.4 is 4.90 Å². The number of halogens is 1. The van der Waals surface area contributed by atoms with Gasteiger partial charge in [-0.25, -0.2) is 0 Å². The molecule has 0 atom stereocenters. The third-order valence-electron chi connectivity index (χ3n) is 4.66. The lowest BCUT2D eigenvalue weighted by Gasteiger charge is -2.26. The fourth-order valence-corrected chi connectivity index (χ4v) is 4.07. The second-order valence-electron chi connectivity index (χ2n) is 5.81. The Balaban J connectivity index is 1.83. The first-order valence-corrected chi connectivity index (χ1v) is 7.66. The number of benzene rings is 1. The van der Waals surface area contributed by atoms with Crippen LogP contribution >= 0.6 is 15.9 Å². The topological polar surface area (TPSA) is 23.5 Å². The van der Waals surface area contributed by atoms with E-state index in [9.17, 15) is 5.11 Å². The van der Waals surface area contributed by atoms with Crippen LogP contribution in [0.5, 0.6) is 0 Å². The predicted molar refractivity (Wildman–Crippen MR) is 77.8 cm³/mol. The third-order valence-corrected chi connectivity index (χ3v) is 5.15. The second kappa shape index (κ2) is 4.86. The van der Waals surface area contributed by atoms with E-state index < -0.39 is 0 Å². The molecular formula is C15H20BrNO. The van der Waals surface area contributed by atoms with Crippen LogP contribution in [0.15, 0.2) is 22.7 Å². The minimum absolute atomic E-state index is 0.123. The van der Waals surface area contributed by atoms with Crippen LogP contribution in [0.1, 0.15) is 37.7 Å². The molecule has 18 heavy (non-hydrogen) atoms. The van der Waals surface area contributed by atoms with Crippen LogP contribution in [0.2, 0.25) is 0 Å². The van der Waals surface area contributed by atoms with Crippen LogP contribution in [-0.4, -0.2) is 18.2 Å². The highest BCUT2D eigenvalue weighted by Gasteiger charge is 2.40. The molecule has 3 heteroatoms. The van der Waals surface area contributed by atoms with E-state index in [4.69, 9.17) is 0 Å². The number of hydrogen-bond acceptors (Lipinski definition) is 2. The number of nitrogens with zero attached hydrogens (tertiary/aromatic N) is 1. The maximum absolute atomic E-state index is 9.51. The molecule has 0 aromatic heterocycles. The van der Waals surface area contributed by atoms with Crippen LogP contribution in [0, 0.1) is 5.41 Å². The molecular weight excluding hydrogens is 290 g/mol. The smallest absolute Gasteiger partial charge is 0.0702 e. The quantitative estimate of drug-likeness (QED) is 0.900. The zero-order chi connectivity index (χ0) is 12.6. The summed E-state index contributed by atoms with van der Waals surface area (Å²) in [5.74, 6) is 0. The Hall–Kier alpha value is -0.540. The highest BCUT2D eigenvalue weighted by molar-refractivity contribution is 9.10. The monoisotopic (exact) mass is 309 g/mol. The molecule has 1 heterocycles. The molecule has 0 unspecified atom stereocenters. The molecule has 1 spiro atoms. The Labute approximate surface area is 117 Å². The number of aliphatic hydroxyl groups is 1. The van der Waals surface area contributed by atoms with Crippen LogP contribution in [0.25, 0.3) is 0 Å². The average Bonchev–Trinajstić information content (AvgIpc) is 3.00. The first-order chi connectivity index (χ1) is 8.72. The molecule has 1 aliphatic heterocycles. The lowest BCUT2D eigenvalue weighted by atomic mass is 9.86. The molecule has 1 saturated heterocycles. The van der Waals surface area contributed by atoms with E-state index >= 15 is 0 Å². The second-order valence-corrected chi connectivity index (χ2v) is 6.73. The average molecular weight is 310 g/mol. The molecule has 1 saturated carbocycles. The minimum Gasteiger partial charge on any atom is -0.392 e. The van der Waals surface area contributed by atoms with Gasteiger partial charge in [0.2, 0.25) is 0 Å². The van der Waals surface area contributed by atoms with Gasteiger partial charge in [0, 0.05) is 28.8 Å². The number of hydrogen-bond donors (Lipinski definition) is 1. The van der Waals surface area contributed by atoms with Crippen molar-refractivity contribution in [1.29, 1.82) is 0 Å². The fourth-order valence-electron chi connectivity index (χ4n) is 3.66. The van der Waals surface area contributed by atoms with E-state index in [1.165, 1.54) is 44.3 Å². The molecule has 1 aromatic rings. The maximum Gasteiger partial charge on any atom is 0.0702 e. The summed E-state index contributed by atoms with van der Waals surface area (Å²) >= 11 is 3.48. The Morgan fingerprint density at radius 2 is 2.00 bits per heavy atom. The van der Waals surface area contributed by atoms with Crippen molar-refractivity contribution in [1.82, 2.24) is 0 Å². The molecule has 2 aliphatic rings. The highest BCUT2D eigenvalue weighted by Crippen LogP contribution is 2.46. The van der Waals surface area contributed by atoms with E-state index in [0.29, 0.717) is 5.41 Å². The lowest BCUT2D eigenvalue weighted by Crippen LogP contribution is -2.25. The number of anilines is 1. The molecule has 98 valence electrons. The zero-order valence-corrected chi connectivity index (χ0v) is 12.2. The van der Waals surface area contributed by atoms with Crippen molar-refractivity contribution in [2.75, 3.05) is 18.0 Å². The summed E-state index contributed by atoms with van der Waals surface area (Å²) in [6, 6.07) is 6.26. The van der Waals surface area contributed by atoms with Crippen molar-refractivity contribution in [2.24, 2.45) is 5.41 Å². The summed E-state index contributed by atoms with van der Waals surface area (Å²) in [6.45, 7) is 2.45. The van der Waals surface area contributed by atoms with Crippen LogP contribution in [0.4, 0.5) is 5.69 Å².